The number of halogens is 1. The second kappa shape index (κ2) is 12.3. The molecule has 1 aliphatic rings. The van der Waals surface area contributed by atoms with E-state index in [-0.39, 0.29) is 24.0 Å². The number of hydrogen-bond acceptors (Lipinski definition) is 4. The van der Waals surface area contributed by atoms with Gasteiger partial charge in [-0.3, -0.25) is 9.89 Å². The number of benzene rings is 1. The quantitative estimate of drug-likeness (QED) is 0.363. The number of ether oxygens (including phenoxy) is 1. The number of nitrogens with zero attached hydrogens (tertiary/aromatic N) is 4. The van der Waals surface area contributed by atoms with Crippen LogP contribution in [0.3, 0.4) is 0 Å². The highest BCUT2D eigenvalue weighted by atomic mass is 127. The molecule has 0 bridgehead atoms. The van der Waals surface area contributed by atoms with E-state index in [2.05, 4.69) is 64.0 Å². The van der Waals surface area contributed by atoms with Crippen molar-refractivity contribution in [2.45, 2.75) is 26.8 Å². The molecular formula is C20H36IN5O. The first kappa shape index (κ1) is 23.8. The Morgan fingerprint density at radius 2 is 1.89 bits per heavy atom. The Labute approximate surface area is 182 Å². The fraction of sp³-hybridized carbons (Fsp3) is 0.650. The maximum atomic E-state index is 5.34. The van der Waals surface area contributed by atoms with Gasteiger partial charge in [0.05, 0.1) is 7.11 Å². The lowest BCUT2D eigenvalue weighted by atomic mass is 10.2. The van der Waals surface area contributed by atoms with Crippen LogP contribution in [0.5, 0.6) is 5.75 Å². The molecule has 1 heterocycles. The number of guanidine groups is 1. The van der Waals surface area contributed by atoms with Crippen molar-refractivity contribution >= 4 is 35.6 Å². The molecule has 0 saturated carbocycles. The van der Waals surface area contributed by atoms with Crippen LogP contribution in [0.2, 0.25) is 0 Å². The maximum absolute atomic E-state index is 5.34. The molecule has 2 rings (SSSR count). The van der Waals surface area contributed by atoms with Crippen LogP contribution >= 0.6 is 24.0 Å². The van der Waals surface area contributed by atoms with Gasteiger partial charge in [-0.05, 0) is 32.1 Å². The number of piperazine rings is 1. The molecule has 0 amide bonds. The lowest BCUT2D eigenvalue weighted by Gasteiger charge is -2.38. The molecule has 7 heteroatoms. The second-order valence-corrected chi connectivity index (χ2v) is 6.67. The van der Waals surface area contributed by atoms with Gasteiger partial charge in [0.1, 0.15) is 5.75 Å². The van der Waals surface area contributed by atoms with Crippen LogP contribution in [0.4, 0.5) is 5.69 Å². The van der Waals surface area contributed by atoms with Crippen LogP contribution in [0.25, 0.3) is 0 Å². The minimum Gasteiger partial charge on any atom is -0.497 e. The van der Waals surface area contributed by atoms with E-state index in [0.717, 1.165) is 57.5 Å². The van der Waals surface area contributed by atoms with Gasteiger partial charge in [-0.15, -0.1) is 24.0 Å². The standard InChI is InChI=1S/C20H35N5O.HI/c1-6-23(7-2)17(3)16-22-20(21-4)25-13-11-24(12-14-25)18-9-8-10-19(15-18)26-5;/h8-10,15,17H,6-7,11-14,16H2,1-5H3,(H,21,22);1H. The summed E-state index contributed by atoms with van der Waals surface area (Å²) in [5, 5.41) is 3.56. The maximum Gasteiger partial charge on any atom is 0.193 e. The van der Waals surface area contributed by atoms with Gasteiger partial charge in [-0.1, -0.05) is 19.9 Å². The Hall–Kier alpha value is -1.22. The van der Waals surface area contributed by atoms with Crippen molar-refractivity contribution < 1.29 is 4.74 Å². The van der Waals surface area contributed by atoms with Crippen molar-refractivity contribution in [3.8, 4) is 5.75 Å². The predicted molar refractivity (Wildman–Crippen MR) is 126 cm³/mol. The molecule has 1 unspecified atom stereocenters. The van der Waals surface area contributed by atoms with Crippen molar-refractivity contribution in [3.05, 3.63) is 24.3 Å². The zero-order valence-corrected chi connectivity index (χ0v) is 19.8. The van der Waals surface area contributed by atoms with E-state index in [1.165, 1.54) is 5.69 Å². The average Bonchev–Trinajstić information content (AvgIpc) is 2.70. The van der Waals surface area contributed by atoms with E-state index in [1.807, 2.05) is 13.1 Å². The first-order chi connectivity index (χ1) is 12.6. The predicted octanol–water partition coefficient (Wildman–Crippen LogP) is 2.74. The summed E-state index contributed by atoms with van der Waals surface area (Å²) in [5.74, 6) is 1.92. The molecule has 1 fully saturated rings. The van der Waals surface area contributed by atoms with Crippen molar-refractivity contribution in [2.75, 3.05) is 64.9 Å². The third-order valence-corrected chi connectivity index (χ3v) is 5.20. The Kier molecular flexibility index (Phi) is 10.8. The fourth-order valence-electron chi connectivity index (χ4n) is 3.53. The van der Waals surface area contributed by atoms with Gasteiger partial charge in [0.25, 0.3) is 0 Å². The van der Waals surface area contributed by atoms with E-state index >= 15 is 0 Å². The highest BCUT2D eigenvalue weighted by Crippen LogP contribution is 2.22. The fourth-order valence-corrected chi connectivity index (χ4v) is 3.53. The third-order valence-electron chi connectivity index (χ3n) is 5.20. The zero-order valence-electron chi connectivity index (χ0n) is 17.4. The van der Waals surface area contributed by atoms with Crippen LogP contribution in [-0.4, -0.2) is 81.8 Å². The van der Waals surface area contributed by atoms with Gasteiger partial charge in [0, 0.05) is 57.6 Å². The van der Waals surface area contributed by atoms with E-state index in [9.17, 15) is 0 Å². The first-order valence-electron chi connectivity index (χ1n) is 9.71. The Morgan fingerprint density at radius 1 is 1.22 bits per heavy atom. The van der Waals surface area contributed by atoms with E-state index in [4.69, 9.17) is 4.74 Å². The average molecular weight is 489 g/mol. The molecule has 1 N–H and O–H groups in total. The minimum absolute atomic E-state index is 0. The summed E-state index contributed by atoms with van der Waals surface area (Å²) in [7, 11) is 3.59. The van der Waals surface area contributed by atoms with Gasteiger partial charge in [0.15, 0.2) is 5.96 Å². The topological polar surface area (TPSA) is 43.3 Å². The highest BCUT2D eigenvalue weighted by molar-refractivity contribution is 14.0. The van der Waals surface area contributed by atoms with Gasteiger partial charge in [0.2, 0.25) is 0 Å². The van der Waals surface area contributed by atoms with Crippen LogP contribution in [-0.2, 0) is 0 Å². The van der Waals surface area contributed by atoms with E-state index in [0.29, 0.717) is 6.04 Å². The Bertz CT molecular complexity index is 571. The zero-order chi connectivity index (χ0) is 18.9. The van der Waals surface area contributed by atoms with Crippen LogP contribution in [0, 0.1) is 0 Å². The number of methoxy groups -OCH3 is 1. The molecule has 1 aromatic carbocycles. The monoisotopic (exact) mass is 489 g/mol. The van der Waals surface area contributed by atoms with Gasteiger partial charge in [-0.25, -0.2) is 0 Å². The molecule has 0 radical (unpaired) electrons. The van der Waals surface area contributed by atoms with E-state index in [1.54, 1.807) is 7.11 Å². The second-order valence-electron chi connectivity index (χ2n) is 6.67. The Balaban J connectivity index is 0.00000364. The molecule has 1 atom stereocenters. The molecule has 0 aromatic heterocycles. The summed E-state index contributed by atoms with van der Waals surface area (Å²) >= 11 is 0. The van der Waals surface area contributed by atoms with Crippen molar-refractivity contribution in [1.29, 1.82) is 0 Å². The number of hydrogen-bond donors (Lipinski definition) is 1. The molecule has 0 aliphatic carbocycles. The number of aliphatic imine (C=N–C) groups is 1. The molecule has 0 spiro atoms. The summed E-state index contributed by atoms with van der Waals surface area (Å²) in [5.41, 5.74) is 1.22. The molecular weight excluding hydrogens is 453 g/mol. The first-order valence-corrected chi connectivity index (χ1v) is 9.71. The lowest BCUT2D eigenvalue weighted by Crippen LogP contribution is -2.54. The summed E-state index contributed by atoms with van der Waals surface area (Å²) in [6, 6.07) is 8.80. The van der Waals surface area contributed by atoms with E-state index < -0.39 is 0 Å². The molecule has 27 heavy (non-hydrogen) atoms. The lowest BCUT2D eigenvalue weighted by molar-refractivity contribution is 0.229. The van der Waals surface area contributed by atoms with Crippen molar-refractivity contribution in [1.82, 2.24) is 15.1 Å². The number of anilines is 1. The van der Waals surface area contributed by atoms with Crippen LogP contribution in [0.15, 0.2) is 29.3 Å². The molecule has 6 nitrogen and oxygen atoms in total. The minimum atomic E-state index is 0. The summed E-state index contributed by atoms with van der Waals surface area (Å²) < 4.78 is 5.34. The van der Waals surface area contributed by atoms with Gasteiger partial charge >= 0.3 is 0 Å². The van der Waals surface area contributed by atoms with Crippen LogP contribution in [0.1, 0.15) is 20.8 Å². The Morgan fingerprint density at radius 3 is 2.44 bits per heavy atom. The van der Waals surface area contributed by atoms with Crippen molar-refractivity contribution in [2.24, 2.45) is 4.99 Å². The van der Waals surface area contributed by atoms with Crippen molar-refractivity contribution in [3.63, 3.8) is 0 Å². The van der Waals surface area contributed by atoms with Gasteiger partial charge < -0.3 is 19.9 Å². The molecule has 1 saturated heterocycles. The molecule has 1 aliphatic heterocycles. The SMILES string of the molecule is CCN(CC)C(C)CNC(=NC)N1CCN(c2cccc(OC)c2)CC1.I. The summed E-state index contributed by atoms with van der Waals surface area (Å²) in [4.78, 5) is 11.7. The molecule has 154 valence electrons. The summed E-state index contributed by atoms with van der Waals surface area (Å²) in [6.45, 7) is 13.7. The van der Waals surface area contributed by atoms with Gasteiger partial charge in [-0.2, -0.15) is 0 Å². The smallest absolute Gasteiger partial charge is 0.193 e. The summed E-state index contributed by atoms with van der Waals surface area (Å²) in [6.07, 6.45) is 0. The number of rotatable bonds is 7. The van der Waals surface area contributed by atoms with Crippen LogP contribution < -0.4 is 15.0 Å². The molecule has 1 aromatic rings. The number of nitrogens with one attached hydrogen (secondary N) is 1. The largest absolute Gasteiger partial charge is 0.497 e. The normalized spacial score (nSPS) is 16.1. The highest BCUT2D eigenvalue weighted by Gasteiger charge is 2.21. The third kappa shape index (κ3) is 6.71. The number of likely N-dealkylation sites (N-methyl/N-ethyl adjacent to an activating group) is 1.